The molecule has 1 aromatic rings. The van der Waals surface area contributed by atoms with Crippen molar-refractivity contribution < 1.29 is 17.9 Å². The van der Waals surface area contributed by atoms with Gasteiger partial charge in [-0.05, 0) is 49.9 Å². The lowest BCUT2D eigenvalue weighted by Crippen LogP contribution is -2.52. The van der Waals surface area contributed by atoms with Gasteiger partial charge in [-0.3, -0.25) is 0 Å². The highest BCUT2D eigenvalue weighted by Gasteiger charge is 2.43. The van der Waals surface area contributed by atoms with Gasteiger partial charge in [-0.1, -0.05) is 0 Å². The van der Waals surface area contributed by atoms with Crippen LogP contribution in [0.2, 0.25) is 0 Å². The SMILES string of the molecule is COCCOc1ccc(S(=O)(=O)NC(C)(CN)C2CC2)cc1. The van der Waals surface area contributed by atoms with Gasteiger partial charge in [0, 0.05) is 19.2 Å². The van der Waals surface area contributed by atoms with Crippen LogP contribution in [0.4, 0.5) is 0 Å². The van der Waals surface area contributed by atoms with Crippen LogP contribution in [-0.2, 0) is 14.8 Å². The first kappa shape index (κ1) is 17.2. The molecule has 0 spiro atoms. The van der Waals surface area contributed by atoms with E-state index >= 15 is 0 Å². The molecule has 1 saturated carbocycles. The average molecular weight is 328 g/mol. The molecular weight excluding hydrogens is 304 g/mol. The van der Waals surface area contributed by atoms with Crippen LogP contribution in [0.3, 0.4) is 0 Å². The van der Waals surface area contributed by atoms with Gasteiger partial charge in [0.2, 0.25) is 10.0 Å². The molecule has 1 aromatic carbocycles. The van der Waals surface area contributed by atoms with Crippen molar-refractivity contribution in [3.63, 3.8) is 0 Å². The Morgan fingerprint density at radius 2 is 1.91 bits per heavy atom. The largest absolute Gasteiger partial charge is 0.491 e. The molecule has 22 heavy (non-hydrogen) atoms. The van der Waals surface area contributed by atoms with Crippen molar-refractivity contribution in [3.05, 3.63) is 24.3 Å². The minimum atomic E-state index is -3.59. The number of hydrogen-bond donors (Lipinski definition) is 2. The third-order valence-corrected chi connectivity index (χ3v) is 5.59. The summed E-state index contributed by atoms with van der Waals surface area (Å²) in [6.07, 6.45) is 2.03. The maximum Gasteiger partial charge on any atom is 0.241 e. The Balaban J connectivity index is 2.05. The van der Waals surface area contributed by atoms with E-state index in [4.69, 9.17) is 15.2 Å². The molecule has 124 valence electrons. The summed E-state index contributed by atoms with van der Waals surface area (Å²) in [5.74, 6) is 0.934. The van der Waals surface area contributed by atoms with E-state index in [0.29, 0.717) is 24.9 Å². The van der Waals surface area contributed by atoms with Crippen LogP contribution in [-0.4, -0.2) is 40.8 Å². The standard InChI is InChI=1S/C15H24N2O4S/c1-15(11-16,12-3-4-12)17-22(18,19)14-7-5-13(6-8-14)21-10-9-20-2/h5-8,12,17H,3-4,9-11,16H2,1-2H3. The molecule has 0 aliphatic heterocycles. The van der Waals surface area contributed by atoms with Gasteiger partial charge in [-0.15, -0.1) is 0 Å². The lowest BCUT2D eigenvalue weighted by atomic mass is 9.98. The van der Waals surface area contributed by atoms with Gasteiger partial charge in [-0.25, -0.2) is 13.1 Å². The molecule has 1 atom stereocenters. The van der Waals surface area contributed by atoms with Crippen LogP contribution in [0, 0.1) is 5.92 Å². The van der Waals surface area contributed by atoms with Gasteiger partial charge in [0.25, 0.3) is 0 Å². The van der Waals surface area contributed by atoms with Crippen molar-refractivity contribution in [2.24, 2.45) is 11.7 Å². The highest BCUT2D eigenvalue weighted by atomic mass is 32.2. The Labute approximate surface area is 132 Å². The maximum atomic E-state index is 12.5. The van der Waals surface area contributed by atoms with Crippen molar-refractivity contribution in [1.82, 2.24) is 4.72 Å². The molecule has 1 aliphatic rings. The fourth-order valence-electron chi connectivity index (χ4n) is 2.34. The van der Waals surface area contributed by atoms with E-state index in [0.717, 1.165) is 12.8 Å². The zero-order valence-corrected chi connectivity index (χ0v) is 13.9. The third-order valence-electron chi connectivity index (χ3n) is 3.96. The Bertz CT molecular complexity index is 584. The number of benzene rings is 1. The monoisotopic (exact) mass is 328 g/mol. The molecule has 1 aliphatic carbocycles. The molecule has 7 heteroatoms. The quantitative estimate of drug-likeness (QED) is 0.663. The topological polar surface area (TPSA) is 90.6 Å². The van der Waals surface area contributed by atoms with Gasteiger partial charge < -0.3 is 15.2 Å². The van der Waals surface area contributed by atoms with E-state index in [1.165, 1.54) is 12.1 Å². The fourth-order valence-corrected chi connectivity index (χ4v) is 3.81. The van der Waals surface area contributed by atoms with Crippen molar-refractivity contribution in [2.45, 2.75) is 30.2 Å². The minimum Gasteiger partial charge on any atom is -0.491 e. The summed E-state index contributed by atoms with van der Waals surface area (Å²) in [4.78, 5) is 0.215. The molecule has 3 N–H and O–H groups in total. The molecule has 0 amide bonds. The minimum absolute atomic E-state index is 0.215. The molecule has 1 fully saturated rings. The fraction of sp³-hybridized carbons (Fsp3) is 0.600. The van der Waals surface area contributed by atoms with Crippen molar-refractivity contribution in [1.29, 1.82) is 0 Å². The molecule has 6 nitrogen and oxygen atoms in total. The first-order valence-corrected chi connectivity index (χ1v) is 8.85. The number of ether oxygens (including phenoxy) is 2. The average Bonchev–Trinajstić information content (AvgIpc) is 3.33. The Kier molecular flexibility index (Phi) is 5.44. The number of nitrogens with two attached hydrogens (primary N) is 1. The predicted octanol–water partition coefficient (Wildman–Crippen LogP) is 1.12. The predicted molar refractivity (Wildman–Crippen MR) is 84.3 cm³/mol. The molecule has 0 aromatic heterocycles. The van der Waals surface area contributed by atoms with Crippen LogP contribution < -0.4 is 15.2 Å². The Hall–Kier alpha value is -1.15. The highest BCUT2D eigenvalue weighted by molar-refractivity contribution is 7.89. The lowest BCUT2D eigenvalue weighted by molar-refractivity contribution is 0.146. The summed E-state index contributed by atoms with van der Waals surface area (Å²) in [6, 6.07) is 6.35. The summed E-state index contributed by atoms with van der Waals surface area (Å²) in [7, 11) is -1.99. The molecule has 1 unspecified atom stereocenters. The molecule has 0 radical (unpaired) electrons. The maximum absolute atomic E-state index is 12.5. The van der Waals surface area contributed by atoms with Crippen LogP contribution in [0.25, 0.3) is 0 Å². The van der Waals surface area contributed by atoms with E-state index in [-0.39, 0.29) is 11.4 Å². The van der Waals surface area contributed by atoms with Gasteiger partial charge in [-0.2, -0.15) is 0 Å². The van der Waals surface area contributed by atoms with E-state index < -0.39 is 15.6 Å². The number of methoxy groups -OCH3 is 1. The highest BCUT2D eigenvalue weighted by Crippen LogP contribution is 2.39. The zero-order chi connectivity index (χ0) is 16.2. The zero-order valence-electron chi connectivity index (χ0n) is 13.0. The lowest BCUT2D eigenvalue weighted by Gasteiger charge is -2.29. The van der Waals surface area contributed by atoms with Crippen LogP contribution >= 0.6 is 0 Å². The smallest absolute Gasteiger partial charge is 0.241 e. The van der Waals surface area contributed by atoms with Gasteiger partial charge in [0.15, 0.2) is 0 Å². The van der Waals surface area contributed by atoms with Crippen molar-refractivity contribution in [2.75, 3.05) is 26.9 Å². The van der Waals surface area contributed by atoms with E-state index in [1.54, 1.807) is 19.2 Å². The Morgan fingerprint density at radius 1 is 1.27 bits per heavy atom. The van der Waals surface area contributed by atoms with E-state index in [2.05, 4.69) is 4.72 Å². The summed E-state index contributed by atoms with van der Waals surface area (Å²) in [5.41, 5.74) is 5.19. The number of sulfonamides is 1. The first-order valence-electron chi connectivity index (χ1n) is 7.37. The first-order chi connectivity index (χ1) is 10.4. The second kappa shape index (κ2) is 6.95. The third kappa shape index (κ3) is 4.19. The Morgan fingerprint density at radius 3 is 2.41 bits per heavy atom. The second-order valence-electron chi connectivity index (χ2n) is 5.81. The van der Waals surface area contributed by atoms with Crippen LogP contribution in [0.1, 0.15) is 19.8 Å². The van der Waals surface area contributed by atoms with Crippen molar-refractivity contribution >= 4 is 10.0 Å². The number of rotatable bonds is 9. The molecule has 0 saturated heterocycles. The second-order valence-corrected chi connectivity index (χ2v) is 7.50. The molecule has 0 heterocycles. The molecule has 2 rings (SSSR count). The van der Waals surface area contributed by atoms with Crippen molar-refractivity contribution in [3.8, 4) is 5.75 Å². The summed E-state index contributed by atoms with van der Waals surface area (Å²) in [5, 5.41) is 0. The summed E-state index contributed by atoms with van der Waals surface area (Å²) >= 11 is 0. The van der Waals surface area contributed by atoms with E-state index in [9.17, 15) is 8.42 Å². The summed E-state index contributed by atoms with van der Waals surface area (Å²) < 4.78 is 38.0. The van der Waals surface area contributed by atoms with E-state index in [1.807, 2.05) is 6.92 Å². The summed E-state index contributed by atoms with van der Waals surface area (Å²) in [6.45, 7) is 3.06. The molecular formula is C15H24N2O4S. The van der Waals surface area contributed by atoms with Gasteiger partial charge in [0.1, 0.15) is 12.4 Å². The van der Waals surface area contributed by atoms with Crippen LogP contribution in [0.5, 0.6) is 5.75 Å². The van der Waals surface area contributed by atoms with Gasteiger partial charge in [0.05, 0.1) is 11.5 Å². The number of nitrogens with one attached hydrogen (secondary N) is 1. The van der Waals surface area contributed by atoms with Gasteiger partial charge >= 0.3 is 0 Å². The normalized spacial score (nSPS) is 18.0. The van der Waals surface area contributed by atoms with Crippen LogP contribution in [0.15, 0.2) is 29.2 Å². The number of hydrogen-bond acceptors (Lipinski definition) is 5. The molecule has 0 bridgehead atoms.